The average Bonchev–Trinajstić information content (AvgIpc) is 2.25. The first-order chi connectivity index (χ1) is 6.81. The number of sulfone groups is 1. The Morgan fingerprint density at radius 1 is 1.20 bits per heavy atom. The molecule has 0 radical (unpaired) electrons. The normalized spacial score (nSPS) is 24.9. The van der Waals surface area contributed by atoms with Gasteiger partial charge in [0, 0.05) is 0 Å². The molecule has 0 aromatic rings. The van der Waals surface area contributed by atoms with Gasteiger partial charge in [0.05, 0.1) is 11.0 Å². The SMILES string of the molecule is CC(C)(C)CS(=O)(=O)C1CCCNCC1. The van der Waals surface area contributed by atoms with E-state index in [1.54, 1.807) is 0 Å². The highest BCUT2D eigenvalue weighted by Crippen LogP contribution is 2.23. The minimum Gasteiger partial charge on any atom is -0.317 e. The van der Waals surface area contributed by atoms with Gasteiger partial charge in [-0.05, 0) is 37.8 Å². The summed E-state index contributed by atoms with van der Waals surface area (Å²) in [5, 5.41) is 3.13. The fraction of sp³-hybridized carbons (Fsp3) is 1.00. The Balaban J connectivity index is 2.67. The molecule has 1 unspecified atom stereocenters. The maximum atomic E-state index is 12.1. The highest BCUT2D eigenvalue weighted by molar-refractivity contribution is 7.92. The van der Waals surface area contributed by atoms with Gasteiger partial charge in [-0.1, -0.05) is 20.8 Å². The lowest BCUT2D eigenvalue weighted by atomic mass is 10.0. The van der Waals surface area contributed by atoms with Gasteiger partial charge in [-0.3, -0.25) is 0 Å². The third kappa shape index (κ3) is 4.51. The van der Waals surface area contributed by atoms with Crippen LogP contribution >= 0.6 is 0 Å². The van der Waals surface area contributed by atoms with Gasteiger partial charge in [0.1, 0.15) is 0 Å². The second kappa shape index (κ2) is 4.83. The molecule has 0 saturated carbocycles. The molecule has 0 aliphatic carbocycles. The second-order valence-electron chi connectivity index (χ2n) is 5.67. The van der Waals surface area contributed by atoms with Crippen molar-refractivity contribution >= 4 is 9.84 Å². The molecule has 0 aromatic heterocycles. The van der Waals surface area contributed by atoms with E-state index in [4.69, 9.17) is 0 Å². The summed E-state index contributed by atoms with van der Waals surface area (Å²) >= 11 is 0. The number of hydrogen-bond donors (Lipinski definition) is 1. The summed E-state index contributed by atoms with van der Waals surface area (Å²) in [4.78, 5) is 0. The largest absolute Gasteiger partial charge is 0.317 e. The Morgan fingerprint density at radius 2 is 1.87 bits per heavy atom. The van der Waals surface area contributed by atoms with Crippen molar-refractivity contribution in [2.75, 3.05) is 18.8 Å². The van der Waals surface area contributed by atoms with Crippen molar-refractivity contribution in [2.24, 2.45) is 5.41 Å². The van der Waals surface area contributed by atoms with E-state index in [0.29, 0.717) is 5.75 Å². The molecule has 3 nitrogen and oxygen atoms in total. The average molecular weight is 233 g/mol. The van der Waals surface area contributed by atoms with Crippen LogP contribution in [-0.2, 0) is 9.84 Å². The molecule has 1 rings (SSSR count). The van der Waals surface area contributed by atoms with Gasteiger partial charge in [-0.15, -0.1) is 0 Å². The van der Waals surface area contributed by atoms with E-state index in [1.165, 1.54) is 0 Å². The lowest BCUT2D eigenvalue weighted by molar-refractivity contribution is 0.455. The summed E-state index contributed by atoms with van der Waals surface area (Å²) in [6, 6.07) is 0. The molecule has 1 aliphatic heterocycles. The van der Waals surface area contributed by atoms with Crippen LogP contribution < -0.4 is 5.32 Å². The monoisotopic (exact) mass is 233 g/mol. The standard InChI is InChI=1S/C11H23NO2S/c1-11(2,3)9-15(13,14)10-5-4-7-12-8-6-10/h10,12H,4-9H2,1-3H3. The van der Waals surface area contributed by atoms with Crippen molar-refractivity contribution in [3.63, 3.8) is 0 Å². The third-order valence-corrected chi connectivity index (χ3v) is 5.42. The fourth-order valence-corrected chi connectivity index (χ4v) is 4.51. The molecule has 1 atom stereocenters. The van der Waals surface area contributed by atoms with E-state index in [9.17, 15) is 8.42 Å². The number of rotatable bonds is 2. The highest BCUT2D eigenvalue weighted by atomic mass is 32.2. The zero-order valence-corrected chi connectivity index (χ0v) is 10.9. The summed E-state index contributed by atoms with van der Waals surface area (Å²) in [5.74, 6) is 0.310. The molecular weight excluding hydrogens is 210 g/mol. The molecule has 90 valence electrons. The summed E-state index contributed by atoms with van der Waals surface area (Å²) in [6.45, 7) is 7.76. The van der Waals surface area contributed by atoms with Crippen LogP contribution in [0, 0.1) is 5.41 Å². The van der Waals surface area contributed by atoms with Crippen LogP contribution in [0.25, 0.3) is 0 Å². The molecule has 0 bridgehead atoms. The van der Waals surface area contributed by atoms with Crippen LogP contribution in [-0.4, -0.2) is 32.5 Å². The summed E-state index contributed by atoms with van der Waals surface area (Å²) < 4.78 is 24.3. The minimum atomic E-state index is -2.90. The minimum absolute atomic E-state index is 0.119. The van der Waals surface area contributed by atoms with Crippen molar-refractivity contribution in [2.45, 2.75) is 45.3 Å². The second-order valence-corrected chi connectivity index (χ2v) is 7.95. The predicted molar refractivity (Wildman–Crippen MR) is 63.8 cm³/mol. The van der Waals surface area contributed by atoms with Gasteiger partial charge in [0.2, 0.25) is 0 Å². The Morgan fingerprint density at radius 3 is 2.47 bits per heavy atom. The smallest absolute Gasteiger partial charge is 0.153 e. The Labute approximate surface area is 93.6 Å². The number of nitrogens with one attached hydrogen (secondary N) is 1. The van der Waals surface area contributed by atoms with Crippen LogP contribution in [0.1, 0.15) is 40.0 Å². The van der Waals surface area contributed by atoms with E-state index >= 15 is 0 Å². The molecule has 1 saturated heterocycles. The van der Waals surface area contributed by atoms with Crippen LogP contribution in [0.15, 0.2) is 0 Å². The zero-order valence-electron chi connectivity index (χ0n) is 10.0. The highest BCUT2D eigenvalue weighted by Gasteiger charge is 2.30. The van der Waals surface area contributed by atoms with Crippen LogP contribution in [0.5, 0.6) is 0 Å². The lowest BCUT2D eigenvalue weighted by Gasteiger charge is -2.22. The summed E-state index contributed by atoms with van der Waals surface area (Å²) in [6.07, 6.45) is 2.58. The predicted octanol–water partition coefficient (Wildman–Crippen LogP) is 1.59. The molecule has 1 fully saturated rings. The first kappa shape index (κ1) is 13.0. The Bertz CT molecular complexity index is 282. The molecule has 0 amide bonds. The molecule has 15 heavy (non-hydrogen) atoms. The van der Waals surface area contributed by atoms with Gasteiger partial charge in [-0.2, -0.15) is 0 Å². The lowest BCUT2D eigenvalue weighted by Crippen LogP contribution is -2.31. The maximum absolute atomic E-state index is 12.1. The van der Waals surface area contributed by atoms with E-state index < -0.39 is 9.84 Å². The van der Waals surface area contributed by atoms with Crippen molar-refractivity contribution in [1.82, 2.24) is 5.32 Å². The van der Waals surface area contributed by atoms with Crippen molar-refractivity contribution in [3.05, 3.63) is 0 Å². The van der Waals surface area contributed by atoms with E-state index in [0.717, 1.165) is 32.4 Å². The Hall–Kier alpha value is -0.0900. The molecular formula is C11H23NO2S. The maximum Gasteiger partial charge on any atom is 0.153 e. The first-order valence-electron chi connectivity index (χ1n) is 5.73. The van der Waals surface area contributed by atoms with Crippen LogP contribution in [0.2, 0.25) is 0 Å². The van der Waals surface area contributed by atoms with Gasteiger partial charge < -0.3 is 5.32 Å². The van der Waals surface area contributed by atoms with Crippen LogP contribution in [0.3, 0.4) is 0 Å². The molecule has 1 heterocycles. The molecule has 1 aliphatic rings. The molecule has 4 heteroatoms. The molecule has 0 aromatic carbocycles. The van der Waals surface area contributed by atoms with Gasteiger partial charge in [-0.25, -0.2) is 8.42 Å². The third-order valence-electron chi connectivity index (χ3n) is 2.66. The summed E-state index contributed by atoms with van der Waals surface area (Å²) in [5.41, 5.74) is -0.126. The quantitative estimate of drug-likeness (QED) is 0.788. The number of hydrogen-bond acceptors (Lipinski definition) is 3. The van der Waals surface area contributed by atoms with Gasteiger partial charge in [0.15, 0.2) is 9.84 Å². The van der Waals surface area contributed by atoms with E-state index in [2.05, 4.69) is 5.32 Å². The molecule has 0 spiro atoms. The fourth-order valence-electron chi connectivity index (χ4n) is 2.07. The zero-order chi connectivity index (χ0) is 11.5. The first-order valence-corrected chi connectivity index (χ1v) is 7.45. The van der Waals surface area contributed by atoms with E-state index in [-0.39, 0.29) is 10.7 Å². The van der Waals surface area contributed by atoms with Gasteiger partial charge in [0.25, 0.3) is 0 Å². The summed E-state index contributed by atoms with van der Waals surface area (Å²) in [7, 11) is -2.90. The van der Waals surface area contributed by atoms with Gasteiger partial charge >= 0.3 is 0 Å². The van der Waals surface area contributed by atoms with Crippen molar-refractivity contribution in [3.8, 4) is 0 Å². The van der Waals surface area contributed by atoms with E-state index in [1.807, 2.05) is 20.8 Å². The topological polar surface area (TPSA) is 46.2 Å². The van der Waals surface area contributed by atoms with Crippen molar-refractivity contribution in [1.29, 1.82) is 0 Å². The Kier molecular flexibility index (Phi) is 4.18. The van der Waals surface area contributed by atoms with Crippen LogP contribution in [0.4, 0.5) is 0 Å². The molecule has 1 N–H and O–H groups in total. The van der Waals surface area contributed by atoms with Crippen molar-refractivity contribution < 1.29 is 8.42 Å².